The molecule has 3 aromatic rings. The van der Waals surface area contributed by atoms with Crippen molar-refractivity contribution in [3.8, 4) is 0 Å². The Kier molecular flexibility index (Phi) is 6.35. The molecule has 1 amide bonds. The van der Waals surface area contributed by atoms with E-state index in [1.165, 1.54) is 22.5 Å². The maximum absolute atomic E-state index is 13.4. The second-order valence-corrected chi connectivity index (χ2v) is 11.9. The Morgan fingerprint density at radius 2 is 1.88 bits per heavy atom. The average molecular weight is 489 g/mol. The Morgan fingerprint density at radius 1 is 1.15 bits per heavy atom. The van der Waals surface area contributed by atoms with E-state index in [1.807, 2.05) is 12.1 Å². The number of rotatable bonds is 5. The number of carbonyl (C=O) groups excluding carboxylic acids is 1. The summed E-state index contributed by atoms with van der Waals surface area (Å²) in [6.07, 6.45) is 1.29. The van der Waals surface area contributed by atoms with Crippen LogP contribution in [0.2, 0.25) is 0 Å². The molecule has 1 saturated heterocycles. The molecule has 174 valence electrons. The first kappa shape index (κ1) is 23.5. The van der Waals surface area contributed by atoms with E-state index in [0.29, 0.717) is 30.1 Å². The highest BCUT2D eigenvalue weighted by Gasteiger charge is 2.38. The van der Waals surface area contributed by atoms with Crippen LogP contribution in [0, 0.1) is 5.82 Å². The summed E-state index contributed by atoms with van der Waals surface area (Å²) in [6, 6.07) is 12.0. The lowest BCUT2D eigenvalue weighted by Crippen LogP contribution is -2.30. The molecular formula is C23H25FN4O3S2. The SMILES string of the molecule is CC(C)(C)c1ccc(S(=O)(=O)N2CCC[C@H]2c2nnc(C(=O)Nc3cccc(F)c3)s2)cc1. The van der Waals surface area contributed by atoms with Crippen molar-refractivity contribution >= 4 is 33.0 Å². The summed E-state index contributed by atoms with van der Waals surface area (Å²) in [6.45, 7) is 6.60. The monoisotopic (exact) mass is 488 g/mol. The summed E-state index contributed by atoms with van der Waals surface area (Å²) >= 11 is 1.05. The van der Waals surface area contributed by atoms with Crippen molar-refractivity contribution in [3.05, 3.63) is 69.9 Å². The van der Waals surface area contributed by atoms with Gasteiger partial charge in [-0.05, 0) is 54.2 Å². The van der Waals surface area contributed by atoms with Gasteiger partial charge in [-0.3, -0.25) is 4.79 Å². The molecule has 1 aliphatic heterocycles. The number of nitrogens with zero attached hydrogens (tertiary/aromatic N) is 3. The first-order valence-electron chi connectivity index (χ1n) is 10.6. The highest BCUT2D eigenvalue weighted by Crippen LogP contribution is 2.38. The lowest BCUT2D eigenvalue weighted by atomic mass is 9.87. The second kappa shape index (κ2) is 8.92. The topological polar surface area (TPSA) is 92.3 Å². The maximum atomic E-state index is 13.4. The minimum Gasteiger partial charge on any atom is -0.320 e. The van der Waals surface area contributed by atoms with Gasteiger partial charge in [0.2, 0.25) is 15.0 Å². The highest BCUT2D eigenvalue weighted by atomic mass is 32.2. The zero-order chi connectivity index (χ0) is 23.8. The minimum absolute atomic E-state index is 0.0759. The van der Waals surface area contributed by atoms with Crippen LogP contribution in [0.15, 0.2) is 53.4 Å². The summed E-state index contributed by atoms with van der Waals surface area (Å²) < 4.78 is 41.5. The number of anilines is 1. The van der Waals surface area contributed by atoms with Gasteiger partial charge >= 0.3 is 0 Å². The molecule has 2 heterocycles. The first-order chi connectivity index (χ1) is 15.6. The molecule has 0 radical (unpaired) electrons. The molecule has 7 nitrogen and oxygen atoms in total. The van der Waals surface area contributed by atoms with Gasteiger partial charge in [0.05, 0.1) is 10.9 Å². The molecule has 1 aromatic heterocycles. The van der Waals surface area contributed by atoms with E-state index in [-0.39, 0.29) is 15.3 Å². The summed E-state index contributed by atoms with van der Waals surface area (Å²) in [7, 11) is -3.73. The number of amides is 1. The van der Waals surface area contributed by atoms with Crippen molar-refractivity contribution < 1.29 is 17.6 Å². The molecule has 0 aliphatic carbocycles. The minimum atomic E-state index is -3.73. The molecular weight excluding hydrogens is 463 g/mol. The van der Waals surface area contributed by atoms with E-state index in [1.54, 1.807) is 18.2 Å². The number of hydrogen-bond acceptors (Lipinski definition) is 6. The van der Waals surface area contributed by atoms with Crippen LogP contribution >= 0.6 is 11.3 Å². The lowest BCUT2D eigenvalue weighted by molar-refractivity contribution is 0.102. The number of sulfonamides is 1. The summed E-state index contributed by atoms with van der Waals surface area (Å²) in [4.78, 5) is 12.7. The number of carbonyl (C=O) groups is 1. The summed E-state index contributed by atoms with van der Waals surface area (Å²) in [5, 5.41) is 11.2. The Balaban J connectivity index is 1.54. The zero-order valence-corrected chi connectivity index (χ0v) is 20.2. The van der Waals surface area contributed by atoms with Gasteiger partial charge < -0.3 is 5.32 Å². The number of hydrogen-bond donors (Lipinski definition) is 1. The molecule has 1 N–H and O–H groups in total. The van der Waals surface area contributed by atoms with Crippen LogP contribution in [-0.2, 0) is 15.4 Å². The van der Waals surface area contributed by atoms with Gasteiger partial charge in [0, 0.05) is 12.2 Å². The van der Waals surface area contributed by atoms with Gasteiger partial charge in [-0.1, -0.05) is 50.3 Å². The largest absolute Gasteiger partial charge is 0.320 e. The van der Waals surface area contributed by atoms with E-state index in [2.05, 4.69) is 36.3 Å². The van der Waals surface area contributed by atoms with E-state index in [9.17, 15) is 17.6 Å². The second-order valence-electron chi connectivity index (χ2n) is 8.96. The third-order valence-electron chi connectivity index (χ3n) is 5.53. The molecule has 1 fully saturated rings. The molecule has 10 heteroatoms. The van der Waals surface area contributed by atoms with E-state index in [4.69, 9.17) is 0 Å². The highest BCUT2D eigenvalue weighted by molar-refractivity contribution is 7.89. The number of nitrogens with one attached hydrogen (secondary N) is 1. The van der Waals surface area contributed by atoms with Crippen LogP contribution in [0.1, 0.15) is 60.0 Å². The third kappa shape index (κ3) is 4.97. The van der Waals surface area contributed by atoms with E-state index >= 15 is 0 Å². The van der Waals surface area contributed by atoms with Crippen LogP contribution in [0.25, 0.3) is 0 Å². The van der Waals surface area contributed by atoms with Crippen molar-refractivity contribution in [2.24, 2.45) is 0 Å². The predicted molar refractivity (Wildman–Crippen MR) is 125 cm³/mol. The Morgan fingerprint density at radius 3 is 2.55 bits per heavy atom. The van der Waals surface area contributed by atoms with Crippen molar-refractivity contribution in [2.75, 3.05) is 11.9 Å². The molecule has 0 bridgehead atoms. The van der Waals surface area contributed by atoms with Gasteiger partial charge in [-0.25, -0.2) is 12.8 Å². The molecule has 1 aliphatic rings. The van der Waals surface area contributed by atoms with Gasteiger partial charge in [0.1, 0.15) is 10.8 Å². The van der Waals surface area contributed by atoms with Crippen molar-refractivity contribution in [1.82, 2.24) is 14.5 Å². The number of benzene rings is 2. The molecule has 2 aromatic carbocycles. The Bertz CT molecular complexity index is 1270. The molecule has 1 atom stereocenters. The smallest absolute Gasteiger partial charge is 0.286 e. The molecule has 4 rings (SSSR count). The first-order valence-corrected chi connectivity index (χ1v) is 12.8. The standard InChI is InChI=1S/C23H25FN4O3S2/c1-23(2,3)15-9-11-18(12-10-15)33(30,31)28-13-5-8-19(28)21-26-27-22(32-21)20(29)25-17-7-4-6-16(24)14-17/h4,6-7,9-12,14,19H,5,8,13H2,1-3H3,(H,25,29)/t19-/m0/s1. The maximum Gasteiger partial charge on any atom is 0.286 e. The van der Waals surface area contributed by atoms with Crippen LogP contribution in [0.4, 0.5) is 10.1 Å². The van der Waals surface area contributed by atoms with Crippen LogP contribution in [0.3, 0.4) is 0 Å². The Hall–Kier alpha value is -2.69. The van der Waals surface area contributed by atoms with Crippen molar-refractivity contribution in [3.63, 3.8) is 0 Å². The fourth-order valence-electron chi connectivity index (χ4n) is 3.75. The van der Waals surface area contributed by atoms with Gasteiger partial charge in [0.25, 0.3) is 5.91 Å². The van der Waals surface area contributed by atoms with Crippen molar-refractivity contribution in [1.29, 1.82) is 0 Å². The van der Waals surface area contributed by atoms with Crippen LogP contribution < -0.4 is 5.32 Å². The fraction of sp³-hybridized carbons (Fsp3) is 0.348. The lowest BCUT2D eigenvalue weighted by Gasteiger charge is -2.23. The van der Waals surface area contributed by atoms with Crippen molar-refractivity contribution in [2.45, 2.75) is 50.0 Å². The molecule has 0 unspecified atom stereocenters. The molecule has 0 spiro atoms. The van der Waals surface area contributed by atoms with E-state index < -0.39 is 27.8 Å². The number of halogens is 1. The van der Waals surface area contributed by atoms with Gasteiger partial charge in [0.15, 0.2) is 0 Å². The van der Waals surface area contributed by atoms with Crippen LogP contribution in [0.5, 0.6) is 0 Å². The predicted octanol–water partition coefficient (Wildman–Crippen LogP) is 4.75. The molecule has 0 saturated carbocycles. The molecule has 33 heavy (non-hydrogen) atoms. The summed E-state index contributed by atoms with van der Waals surface area (Å²) in [5.74, 6) is -0.984. The quantitative estimate of drug-likeness (QED) is 0.559. The number of aromatic nitrogens is 2. The third-order valence-corrected chi connectivity index (χ3v) is 8.48. The van der Waals surface area contributed by atoms with Gasteiger partial charge in [-0.15, -0.1) is 10.2 Å². The fourth-order valence-corrected chi connectivity index (χ4v) is 6.36. The van der Waals surface area contributed by atoms with E-state index in [0.717, 1.165) is 16.9 Å². The van der Waals surface area contributed by atoms with Crippen LogP contribution in [-0.4, -0.2) is 35.4 Å². The average Bonchev–Trinajstić information content (AvgIpc) is 3.43. The zero-order valence-electron chi connectivity index (χ0n) is 18.6. The Labute approximate surface area is 196 Å². The summed E-state index contributed by atoms with van der Waals surface area (Å²) in [5.41, 5.74) is 1.28. The normalized spacial score (nSPS) is 17.3. The van der Waals surface area contributed by atoms with Gasteiger partial charge in [-0.2, -0.15) is 4.31 Å².